The van der Waals surface area contributed by atoms with Gasteiger partial charge in [-0.3, -0.25) is 14.5 Å². The highest BCUT2D eigenvalue weighted by atomic mass is 16.5. The van der Waals surface area contributed by atoms with E-state index in [0.29, 0.717) is 26.2 Å². The van der Waals surface area contributed by atoms with Crippen molar-refractivity contribution >= 4 is 11.8 Å². The molecule has 0 aliphatic carbocycles. The molecule has 0 unspecified atom stereocenters. The zero-order valence-electron chi connectivity index (χ0n) is 14.3. The fraction of sp³-hybridized carbons (Fsp3) is 0.412. The number of hydrogen-bond acceptors (Lipinski definition) is 6. The number of nitrogens with two attached hydrogens (primary N) is 1. The molecular formula is C17H21N5O3. The second-order valence-corrected chi connectivity index (χ2v) is 6.27. The molecule has 25 heavy (non-hydrogen) atoms. The van der Waals surface area contributed by atoms with Crippen molar-refractivity contribution in [2.75, 3.05) is 13.1 Å². The lowest BCUT2D eigenvalue weighted by molar-refractivity contribution is -0.142. The van der Waals surface area contributed by atoms with E-state index >= 15 is 0 Å². The number of benzene rings is 1. The Balaban J connectivity index is 1.63. The van der Waals surface area contributed by atoms with Gasteiger partial charge in [0.2, 0.25) is 11.8 Å². The molecule has 0 bridgehead atoms. The van der Waals surface area contributed by atoms with Crippen LogP contribution in [0.15, 0.2) is 28.8 Å². The van der Waals surface area contributed by atoms with Gasteiger partial charge in [-0.1, -0.05) is 35.0 Å². The third kappa shape index (κ3) is 3.85. The molecule has 3 rings (SSSR count). The van der Waals surface area contributed by atoms with Gasteiger partial charge in [-0.25, -0.2) is 0 Å². The van der Waals surface area contributed by atoms with Crippen LogP contribution in [0.3, 0.4) is 0 Å². The molecule has 1 aliphatic rings. The van der Waals surface area contributed by atoms with Gasteiger partial charge in [0.1, 0.15) is 0 Å². The lowest BCUT2D eigenvalue weighted by Gasteiger charge is -2.38. The van der Waals surface area contributed by atoms with Gasteiger partial charge in [0.05, 0.1) is 12.6 Å². The highest BCUT2D eigenvalue weighted by Gasteiger charge is 2.32. The summed E-state index contributed by atoms with van der Waals surface area (Å²) in [6.07, 6.45) is 0. The zero-order valence-corrected chi connectivity index (χ0v) is 14.3. The van der Waals surface area contributed by atoms with E-state index in [0.717, 1.165) is 5.56 Å². The minimum atomic E-state index is -0.734. The van der Waals surface area contributed by atoms with Gasteiger partial charge in [-0.05, 0) is 19.4 Å². The van der Waals surface area contributed by atoms with Crippen LogP contribution >= 0.6 is 0 Å². The summed E-state index contributed by atoms with van der Waals surface area (Å²) in [5.41, 5.74) is 7.41. The minimum absolute atomic E-state index is 0.0578. The molecule has 2 N–H and O–H groups in total. The summed E-state index contributed by atoms with van der Waals surface area (Å²) in [5, 5.41) is 3.52. The molecule has 8 heteroatoms. The molecule has 1 fully saturated rings. The first-order chi connectivity index (χ1) is 11.9. The molecule has 132 valence electrons. The molecule has 0 saturated carbocycles. The van der Waals surface area contributed by atoms with Crippen LogP contribution in [0, 0.1) is 6.92 Å². The van der Waals surface area contributed by atoms with Crippen LogP contribution in [0.5, 0.6) is 0 Å². The van der Waals surface area contributed by atoms with Crippen molar-refractivity contribution in [1.29, 1.82) is 0 Å². The SMILES string of the molecule is Cc1cccc(CN2CCN(Cc3nc(C(N)=O)no3)[C@H](C)C2=O)c1. The summed E-state index contributed by atoms with van der Waals surface area (Å²) in [4.78, 5) is 31.5. The van der Waals surface area contributed by atoms with Gasteiger partial charge in [0, 0.05) is 19.6 Å². The summed E-state index contributed by atoms with van der Waals surface area (Å²) in [5.74, 6) is -0.544. The third-order valence-corrected chi connectivity index (χ3v) is 4.36. The molecule has 1 aromatic carbocycles. The number of aryl methyl sites for hydroxylation is 1. The Hall–Kier alpha value is -2.74. The monoisotopic (exact) mass is 343 g/mol. The Morgan fingerprint density at radius 2 is 2.16 bits per heavy atom. The fourth-order valence-electron chi connectivity index (χ4n) is 2.97. The van der Waals surface area contributed by atoms with E-state index in [4.69, 9.17) is 10.3 Å². The summed E-state index contributed by atoms with van der Waals surface area (Å²) >= 11 is 0. The molecule has 2 aromatic rings. The van der Waals surface area contributed by atoms with E-state index in [-0.39, 0.29) is 23.7 Å². The van der Waals surface area contributed by atoms with Crippen molar-refractivity contribution in [2.45, 2.75) is 33.0 Å². The zero-order chi connectivity index (χ0) is 18.0. The predicted molar refractivity (Wildman–Crippen MR) is 89.3 cm³/mol. The molecule has 2 heterocycles. The molecule has 8 nitrogen and oxygen atoms in total. The average molecular weight is 343 g/mol. The smallest absolute Gasteiger partial charge is 0.290 e. The van der Waals surface area contributed by atoms with Gasteiger partial charge in [-0.2, -0.15) is 4.98 Å². The van der Waals surface area contributed by atoms with Crippen molar-refractivity contribution in [3.63, 3.8) is 0 Å². The van der Waals surface area contributed by atoms with E-state index in [1.54, 1.807) is 0 Å². The standard InChI is InChI=1S/C17H21N5O3/c1-11-4-3-5-13(8-11)9-22-7-6-21(12(2)17(22)24)10-14-19-16(15(18)23)20-25-14/h3-5,8,12H,6-7,9-10H2,1-2H3,(H2,18,23)/t12-/m1/s1. The number of primary amides is 1. The first-order valence-electron chi connectivity index (χ1n) is 8.15. The molecule has 2 amide bonds. The lowest BCUT2D eigenvalue weighted by Crippen LogP contribution is -2.54. The Bertz CT molecular complexity index is 788. The van der Waals surface area contributed by atoms with Gasteiger partial charge in [0.15, 0.2) is 0 Å². The van der Waals surface area contributed by atoms with E-state index < -0.39 is 5.91 Å². The largest absolute Gasteiger partial charge is 0.363 e. The van der Waals surface area contributed by atoms with Crippen molar-refractivity contribution in [2.24, 2.45) is 5.73 Å². The van der Waals surface area contributed by atoms with Gasteiger partial charge in [-0.15, -0.1) is 0 Å². The molecule has 1 aliphatic heterocycles. The maximum atomic E-state index is 12.7. The Morgan fingerprint density at radius 3 is 2.84 bits per heavy atom. The Labute approximate surface area is 145 Å². The Morgan fingerprint density at radius 1 is 1.36 bits per heavy atom. The summed E-state index contributed by atoms with van der Waals surface area (Å²) in [6.45, 7) is 6.12. The molecule has 1 atom stereocenters. The van der Waals surface area contributed by atoms with Crippen LogP contribution in [-0.4, -0.2) is 50.9 Å². The molecule has 1 saturated heterocycles. The number of carbonyl (C=O) groups is 2. The van der Waals surface area contributed by atoms with Crippen LogP contribution < -0.4 is 5.73 Å². The normalized spacial score (nSPS) is 18.6. The van der Waals surface area contributed by atoms with E-state index in [1.165, 1.54) is 5.56 Å². The number of aromatic nitrogens is 2. The average Bonchev–Trinajstić information content (AvgIpc) is 3.04. The molecular weight excluding hydrogens is 322 g/mol. The van der Waals surface area contributed by atoms with Crippen LogP contribution in [0.2, 0.25) is 0 Å². The van der Waals surface area contributed by atoms with E-state index in [9.17, 15) is 9.59 Å². The highest BCUT2D eigenvalue weighted by molar-refractivity contribution is 5.88. The first-order valence-corrected chi connectivity index (χ1v) is 8.15. The summed E-state index contributed by atoms with van der Waals surface area (Å²) in [7, 11) is 0. The first kappa shape index (κ1) is 17.1. The molecule has 1 aromatic heterocycles. The number of rotatable bonds is 5. The van der Waals surface area contributed by atoms with Gasteiger partial charge in [0.25, 0.3) is 11.7 Å². The second-order valence-electron chi connectivity index (χ2n) is 6.27. The number of amides is 2. The predicted octanol–water partition coefficient (Wildman–Crippen LogP) is 0.710. The van der Waals surface area contributed by atoms with Crippen LogP contribution in [0.4, 0.5) is 0 Å². The van der Waals surface area contributed by atoms with E-state index in [1.807, 2.05) is 41.8 Å². The number of nitrogens with zero attached hydrogens (tertiary/aromatic N) is 4. The summed E-state index contributed by atoms with van der Waals surface area (Å²) in [6, 6.07) is 7.86. The quantitative estimate of drug-likeness (QED) is 0.857. The fourth-order valence-corrected chi connectivity index (χ4v) is 2.97. The van der Waals surface area contributed by atoms with Crippen molar-refractivity contribution < 1.29 is 14.1 Å². The second kappa shape index (κ2) is 7.02. The minimum Gasteiger partial charge on any atom is -0.363 e. The Kier molecular flexibility index (Phi) is 4.80. The lowest BCUT2D eigenvalue weighted by atomic mass is 10.1. The molecule has 0 spiro atoms. The van der Waals surface area contributed by atoms with Crippen LogP contribution in [0.1, 0.15) is 34.6 Å². The topological polar surface area (TPSA) is 106 Å². The van der Waals surface area contributed by atoms with Crippen molar-refractivity contribution in [3.8, 4) is 0 Å². The number of piperazine rings is 1. The maximum absolute atomic E-state index is 12.7. The van der Waals surface area contributed by atoms with E-state index in [2.05, 4.69) is 16.2 Å². The number of carbonyl (C=O) groups excluding carboxylic acids is 2. The van der Waals surface area contributed by atoms with Gasteiger partial charge >= 0.3 is 0 Å². The molecule has 0 radical (unpaired) electrons. The van der Waals surface area contributed by atoms with Gasteiger partial charge < -0.3 is 15.2 Å². The highest BCUT2D eigenvalue weighted by Crippen LogP contribution is 2.17. The maximum Gasteiger partial charge on any atom is 0.290 e. The van der Waals surface area contributed by atoms with Crippen molar-refractivity contribution in [1.82, 2.24) is 19.9 Å². The van der Waals surface area contributed by atoms with Crippen LogP contribution in [-0.2, 0) is 17.9 Å². The van der Waals surface area contributed by atoms with Crippen LogP contribution in [0.25, 0.3) is 0 Å². The third-order valence-electron chi connectivity index (χ3n) is 4.36. The summed E-state index contributed by atoms with van der Waals surface area (Å²) < 4.78 is 5.02. The number of hydrogen-bond donors (Lipinski definition) is 1. The van der Waals surface area contributed by atoms with Crippen molar-refractivity contribution in [3.05, 3.63) is 47.1 Å².